The summed E-state index contributed by atoms with van der Waals surface area (Å²) in [6.07, 6.45) is 0.440. The molecule has 1 unspecified atom stereocenters. The Morgan fingerprint density at radius 1 is 1.58 bits per heavy atom. The largest absolute Gasteiger partial charge is 0.508 e. The van der Waals surface area contributed by atoms with Gasteiger partial charge in [0.25, 0.3) is 0 Å². The minimum absolute atomic E-state index is 0.195. The van der Waals surface area contributed by atoms with Crippen LogP contribution < -0.4 is 0 Å². The van der Waals surface area contributed by atoms with Crippen molar-refractivity contribution < 1.29 is 14.6 Å². The van der Waals surface area contributed by atoms with E-state index in [-0.39, 0.29) is 11.7 Å². The summed E-state index contributed by atoms with van der Waals surface area (Å²) in [6.45, 7) is 5.99. The Morgan fingerprint density at radius 3 is 2.89 bits per heavy atom. The summed E-state index contributed by atoms with van der Waals surface area (Å²) in [5, 5.41) is 9.59. The molecule has 0 fully saturated rings. The fourth-order valence-corrected chi connectivity index (χ4v) is 2.79. The molecule has 0 saturated carbocycles. The molecule has 0 saturated heterocycles. The van der Waals surface area contributed by atoms with E-state index in [1.807, 2.05) is 19.9 Å². The highest BCUT2D eigenvalue weighted by atomic mass is 35.5. The van der Waals surface area contributed by atoms with Gasteiger partial charge in [0.1, 0.15) is 11.8 Å². The van der Waals surface area contributed by atoms with Crippen LogP contribution in [0.1, 0.15) is 31.9 Å². The first-order chi connectivity index (χ1) is 8.87. The molecular weight excluding hydrogens is 266 g/mol. The summed E-state index contributed by atoms with van der Waals surface area (Å²) in [5.74, 6) is -0.139. The van der Waals surface area contributed by atoms with Crippen LogP contribution in [0, 0.1) is 0 Å². The van der Waals surface area contributed by atoms with Crippen molar-refractivity contribution in [3.8, 4) is 5.75 Å². The first-order valence-corrected chi connectivity index (χ1v) is 6.66. The molecule has 0 amide bonds. The Labute approximate surface area is 118 Å². The van der Waals surface area contributed by atoms with E-state index in [4.69, 9.17) is 16.5 Å². The Morgan fingerprint density at radius 2 is 2.26 bits per heavy atom. The van der Waals surface area contributed by atoms with E-state index in [9.17, 15) is 9.90 Å². The van der Waals surface area contributed by atoms with Crippen molar-refractivity contribution in [2.75, 3.05) is 6.61 Å². The lowest BCUT2D eigenvalue weighted by atomic mass is 9.82. The second kappa shape index (κ2) is 5.02. The van der Waals surface area contributed by atoms with Gasteiger partial charge in [-0.15, -0.1) is 0 Å². The minimum Gasteiger partial charge on any atom is -0.508 e. The smallest absolute Gasteiger partial charge is 0.325 e. The first-order valence-electron chi connectivity index (χ1n) is 6.32. The van der Waals surface area contributed by atoms with Crippen LogP contribution in [0.25, 0.3) is 0 Å². The maximum absolute atomic E-state index is 12.0. The molecule has 2 rings (SSSR count). The highest BCUT2D eigenvalue weighted by Crippen LogP contribution is 2.40. The summed E-state index contributed by atoms with van der Waals surface area (Å²) >= 11 is 6.34. The van der Waals surface area contributed by atoms with E-state index >= 15 is 0 Å². The molecule has 0 radical (unpaired) electrons. The van der Waals surface area contributed by atoms with Gasteiger partial charge in [0.2, 0.25) is 0 Å². The lowest BCUT2D eigenvalue weighted by molar-refractivity contribution is -0.149. The van der Waals surface area contributed by atoms with Gasteiger partial charge in [-0.1, -0.05) is 6.07 Å². The standard InChI is InChI=1S/C14H18ClNO3/c1-4-19-13(18)12-8-9-7-10(17)5-6-11(9)14(2,3)16(12)15/h5-7,12,17H,4,8H2,1-3H3. The maximum atomic E-state index is 12.0. The van der Waals surface area contributed by atoms with Gasteiger partial charge >= 0.3 is 5.97 Å². The van der Waals surface area contributed by atoms with Gasteiger partial charge < -0.3 is 9.84 Å². The Bertz CT molecular complexity index is 501. The number of carbonyl (C=O) groups excluding carboxylic acids is 1. The SMILES string of the molecule is CCOC(=O)C1Cc2cc(O)ccc2C(C)(C)N1Cl. The summed E-state index contributed by atoms with van der Waals surface area (Å²) in [4.78, 5) is 12.0. The number of nitrogens with zero attached hydrogens (tertiary/aromatic N) is 1. The van der Waals surface area contributed by atoms with Gasteiger partial charge in [0, 0.05) is 6.42 Å². The molecule has 1 aliphatic heterocycles. The van der Waals surface area contributed by atoms with Crippen molar-refractivity contribution in [3.63, 3.8) is 0 Å². The summed E-state index contributed by atoms with van der Waals surface area (Å²) in [7, 11) is 0. The fraction of sp³-hybridized carbons (Fsp3) is 0.500. The average molecular weight is 284 g/mol. The van der Waals surface area contributed by atoms with Crippen LogP contribution in [0.2, 0.25) is 0 Å². The zero-order valence-electron chi connectivity index (χ0n) is 11.3. The number of phenols is 1. The van der Waals surface area contributed by atoms with E-state index in [0.717, 1.165) is 11.1 Å². The highest BCUT2D eigenvalue weighted by molar-refractivity contribution is 6.15. The van der Waals surface area contributed by atoms with E-state index in [1.165, 1.54) is 4.42 Å². The quantitative estimate of drug-likeness (QED) is 0.669. The van der Waals surface area contributed by atoms with Crippen LogP contribution in [-0.4, -0.2) is 28.1 Å². The third-order valence-corrected chi connectivity index (χ3v) is 4.19. The molecule has 1 aliphatic rings. The molecule has 1 aromatic rings. The van der Waals surface area contributed by atoms with Crippen LogP contribution in [0.3, 0.4) is 0 Å². The fourth-order valence-electron chi connectivity index (χ4n) is 2.55. The van der Waals surface area contributed by atoms with E-state index in [0.29, 0.717) is 13.0 Å². The van der Waals surface area contributed by atoms with Gasteiger partial charge in [-0.2, -0.15) is 4.42 Å². The number of esters is 1. The number of hydrogen-bond acceptors (Lipinski definition) is 4. The zero-order valence-corrected chi connectivity index (χ0v) is 12.1. The number of halogens is 1. The van der Waals surface area contributed by atoms with Gasteiger partial charge in [-0.3, -0.25) is 4.79 Å². The Hall–Kier alpha value is -1.26. The molecule has 4 nitrogen and oxygen atoms in total. The van der Waals surface area contributed by atoms with Gasteiger partial charge in [0.05, 0.1) is 12.1 Å². The second-order valence-corrected chi connectivity index (χ2v) is 5.55. The number of ether oxygens (including phenoxy) is 1. The number of carbonyl (C=O) groups is 1. The number of benzene rings is 1. The summed E-state index contributed by atoms with van der Waals surface area (Å²) < 4.78 is 6.58. The van der Waals surface area contributed by atoms with Crippen molar-refractivity contribution in [2.24, 2.45) is 0 Å². The Balaban J connectivity index is 2.42. The number of hydrogen-bond donors (Lipinski definition) is 1. The maximum Gasteiger partial charge on any atom is 0.325 e. The lowest BCUT2D eigenvalue weighted by Gasteiger charge is -2.43. The van der Waals surface area contributed by atoms with Gasteiger partial charge in [0.15, 0.2) is 0 Å². The third-order valence-electron chi connectivity index (χ3n) is 3.53. The summed E-state index contributed by atoms with van der Waals surface area (Å²) in [5.41, 5.74) is 1.45. The molecule has 1 heterocycles. The molecule has 104 valence electrons. The first kappa shape index (κ1) is 14.2. The van der Waals surface area contributed by atoms with E-state index in [1.54, 1.807) is 19.1 Å². The highest BCUT2D eigenvalue weighted by Gasteiger charge is 2.43. The van der Waals surface area contributed by atoms with Crippen molar-refractivity contribution >= 4 is 17.7 Å². The third kappa shape index (κ3) is 2.42. The number of rotatable bonds is 2. The zero-order chi connectivity index (χ0) is 14.2. The molecule has 0 aromatic heterocycles. The molecule has 0 bridgehead atoms. The molecule has 1 N–H and O–H groups in total. The lowest BCUT2D eigenvalue weighted by Crippen LogP contribution is -2.51. The van der Waals surface area contributed by atoms with Crippen LogP contribution >= 0.6 is 11.8 Å². The molecule has 0 spiro atoms. The predicted octanol–water partition coefficient (Wildman–Crippen LogP) is 2.57. The molecule has 1 aromatic carbocycles. The van der Waals surface area contributed by atoms with Crippen LogP contribution in [0.5, 0.6) is 5.75 Å². The summed E-state index contributed by atoms with van der Waals surface area (Å²) in [6, 6.07) is 4.64. The predicted molar refractivity (Wildman–Crippen MR) is 72.9 cm³/mol. The molecule has 19 heavy (non-hydrogen) atoms. The monoisotopic (exact) mass is 283 g/mol. The van der Waals surface area contributed by atoms with E-state index in [2.05, 4.69) is 0 Å². The molecule has 0 aliphatic carbocycles. The van der Waals surface area contributed by atoms with Crippen LogP contribution in [0.15, 0.2) is 18.2 Å². The number of aromatic hydroxyl groups is 1. The van der Waals surface area contributed by atoms with Crippen molar-refractivity contribution in [1.82, 2.24) is 4.42 Å². The van der Waals surface area contributed by atoms with Crippen molar-refractivity contribution in [1.29, 1.82) is 0 Å². The van der Waals surface area contributed by atoms with Crippen molar-refractivity contribution in [3.05, 3.63) is 29.3 Å². The molecular formula is C14H18ClNO3. The van der Waals surface area contributed by atoms with E-state index < -0.39 is 11.6 Å². The normalized spacial score (nSPS) is 21.8. The number of fused-ring (bicyclic) bond motifs is 1. The second-order valence-electron chi connectivity index (χ2n) is 5.18. The minimum atomic E-state index is -0.536. The Kier molecular flexibility index (Phi) is 3.74. The topological polar surface area (TPSA) is 49.8 Å². The number of phenolic OH excluding ortho intramolecular Hbond substituents is 1. The molecule has 5 heteroatoms. The molecule has 1 atom stereocenters. The average Bonchev–Trinajstić information content (AvgIpc) is 2.33. The van der Waals surface area contributed by atoms with Crippen LogP contribution in [-0.2, 0) is 21.5 Å². The van der Waals surface area contributed by atoms with Crippen molar-refractivity contribution in [2.45, 2.75) is 38.8 Å². The van der Waals surface area contributed by atoms with Gasteiger partial charge in [-0.25, -0.2) is 0 Å². The van der Waals surface area contributed by atoms with Crippen LogP contribution in [0.4, 0.5) is 0 Å². The van der Waals surface area contributed by atoms with Gasteiger partial charge in [-0.05, 0) is 55.8 Å².